The van der Waals surface area contributed by atoms with Crippen LogP contribution < -0.4 is 0 Å². The summed E-state index contributed by atoms with van der Waals surface area (Å²) in [6, 6.07) is 0. The quantitative estimate of drug-likeness (QED) is 0.395. The van der Waals surface area contributed by atoms with Gasteiger partial charge in [-0.3, -0.25) is 0 Å². The maximum absolute atomic E-state index is 5.24. The minimum atomic E-state index is 0. The van der Waals surface area contributed by atoms with E-state index in [1.54, 1.807) is 0 Å². The zero-order chi connectivity index (χ0) is 11.2. The average molecular weight is 252 g/mol. The Hall–Kier alpha value is -0.160. The van der Waals surface area contributed by atoms with Crippen molar-refractivity contribution >= 4 is 0 Å². The zero-order valence-electron chi connectivity index (χ0n) is 10.00. The molecular weight excluding hydrogens is 220 g/mol. The van der Waals surface area contributed by atoms with Crippen molar-refractivity contribution in [1.29, 1.82) is 0 Å². The van der Waals surface area contributed by atoms with Gasteiger partial charge in [-0.15, -0.1) is 0 Å². The summed E-state index contributed by atoms with van der Waals surface area (Å²) in [4.78, 5) is 0. The molecule has 0 saturated carbocycles. The lowest BCUT2D eigenvalue weighted by Crippen LogP contribution is -2.06. The smallest absolute Gasteiger partial charge is 0.146 e. The van der Waals surface area contributed by atoms with Crippen LogP contribution in [-0.2, 0) is 18.9 Å². The van der Waals surface area contributed by atoms with Gasteiger partial charge in [0.15, 0.2) is 0 Å². The summed E-state index contributed by atoms with van der Waals surface area (Å²) >= 11 is 0. The van der Waals surface area contributed by atoms with Crippen LogP contribution in [0.4, 0.5) is 0 Å². The minimum absolute atomic E-state index is 0. The van der Waals surface area contributed by atoms with Crippen molar-refractivity contribution in [2.24, 2.45) is 0 Å². The van der Waals surface area contributed by atoms with Gasteiger partial charge in [-0.2, -0.15) is 0 Å². The third kappa shape index (κ3) is 21.6. The molecule has 0 heterocycles. The van der Waals surface area contributed by atoms with Gasteiger partial charge < -0.3 is 18.9 Å². The normalized spacial score (nSPS) is 9.53. The molecule has 0 aliphatic heterocycles. The second kappa shape index (κ2) is 21.2. The molecule has 0 aromatic rings. The van der Waals surface area contributed by atoms with Gasteiger partial charge in [-0.1, -0.05) is 14.9 Å². The number of hydrogen-bond donors (Lipinski definition) is 0. The first-order valence-corrected chi connectivity index (χ1v) is 5.72. The SMILES string of the molecule is C.C.CCOCCCOCOCCCOCC. The third-order valence-corrected chi connectivity index (χ3v) is 1.73. The highest BCUT2D eigenvalue weighted by Crippen LogP contribution is 1.88. The molecule has 0 radical (unpaired) electrons. The number of hydrogen-bond acceptors (Lipinski definition) is 4. The van der Waals surface area contributed by atoms with Crippen LogP contribution in [-0.4, -0.2) is 46.4 Å². The van der Waals surface area contributed by atoms with Gasteiger partial charge in [0, 0.05) is 26.4 Å². The molecule has 0 bridgehead atoms. The van der Waals surface area contributed by atoms with Gasteiger partial charge in [0.05, 0.1) is 13.2 Å². The van der Waals surface area contributed by atoms with Crippen molar-refractivity contribution in [3.05, 3.63) is 0 Å². The highest BCUT2D eigenvalue weighted by atomic mass is 16.7. The van der Waals surface area contributed by atoms with Crippen LogP contribution in [0, 0.1) is 0 Å². The van der Waals surface area contributed by atoms with Crippen LogP contribution in [0.15, 0.2) is 0 Å². The van der Waals surface area contributed by atoms with Crippen LogP contribution >= 0.6 is 0 Å². The molecule has 0 saturated heterocycles. The summed E-state index contributed by atoms with van der Waals surface area (Å²) in [7, 11) is 0. The van der Waals surface area contributed by atoms with E-state index in [2.05, 4.69) is 0 Å². The second-order valence-electron chi connectivity index (χ2n) is 3.04. The van der Waals surface area contributed by atoms with E-state index in [1.165, 1.54) is 0 Å². The maximum atomic E-state index is 5.24. The molecule has 4 heteroatoms. The highest BCUT2D eigenvalue weighted by molar-refractivity contribution is 4.34. The Balaban J connectivity index is -0.000000980. The Kier molecular flexibility index (Phi) is 27.5. The fourth-order valence-corrected chi connectivity index (χ4v) is 0.992. The van der Waals surface area contributed by atoms with Crippen molar-refractivity contribution in [1.82, 2.24) is 0 Å². The zero-order valence-corrected chi connectivity index (χ0v) is 10.00. The second-order valence-corrected chi connectivity index (χ2v) is 3.04. The van der Waals surface area contributed by atoms with E-state index in [0.717, 1.165) is 39.3 Å². The van der Waals surface area contributed by atoms with Gasteiger partial charge >= 0.3 is 0 Å². The number of rotatable bonds is 12. The third-order valence-electron chi connectivity index (χ3n) is 1.73. The topological polar surface area (TPSA) is 36.9 Å². The molecule has 0 aromatic heterocycles. The monoisotopic (exact) mass is 252 g/mol. The molecule has 4 nitrogen and oxygen atoms in total. The van der Waals surface area contributed by atoms with E-state index in [9.17, 15) is 0 Å². The summed E-state index contributed by atoms with van der Waals surface area (Å²) < 4.78 is 20.8. The molecule has 0 unspecified atom stereocenters. The molecule has 0 rings (SSSR count). The van der Waals surface area contributed by atoms with Crippen molar-refractivity contribution in [2.45, 2.75) is 41.5 Å². The van der Waals surface area contributed by atoms with Gasteiger partial charge in [0.25, 0.3) is 0 Å². The predicted octanol–water partition coefficient (Wildman–Crippen LogP) is 3.10. The molecule has 0 atom stereocenters. The van der Waals surface area contributed by atoms with E-state index in [1.807, 2.05) is 13.8 Å². The summed E-state index contributed by atoms with van der Waals surface area (Å²) in [6.07, 6.45) is 1.85. The molecule has 17 heavy (non-hydrogen) atoms. The summed E-state index contributed by atoms with van der Waals surface area (Å²) in [6.45, 7) is 8.82. The molecular formula is C13H32O4. The Morgan fingerprint density at radius 2 is 0.941 bits per heavy atom. The molecule has 0 aromatic carbocycles. The lowest BCUT2D eigenvalue weighted by molar-refractivity contribution is -0.0621. The van der Waals surface area contributed by atoms with Gasteiger partial charge in [-0.25, -0.2) is 0 Å². The molecule has 0 aliphatic carbocycles. The van der Waals surface area contributed by atoms with E-state index >= 15 is 0 Å². The molecule has 0 aliphatic rings. The molecule has 0 amide bonds. The number of ether oxygens (including phenoxy) is 4. The van der Waals surface area contributed by atoms with Gasteiger partial charge in [0.2, 0.25) is 0 Å². The molecule has 0 spiro atoms. The molecule has 0 N–H and O–H groups in total. The predicted molar refractivity (Wildman–Crippen MR) is 72.5 cm³/mol. The van der Waals surface area contributed by atoms with Crippen molar-refractivity contribution in [3.63, 3.8) is 0 Å². The standard InChI is InChI=1S/C11H24O4.2CH4/c1-3-12-7-5-9-14-11-15-10-6-8-13-4-2;;/h3-11H2,1-2H3;2*1H4. The summed E-state index contributed by atoms with van der Waals surface area (Å²) in [5.74, 6) is 0. The van der Waals surface area contributed by atoms with E-state index < -0.39 is 0 Å². The van der Waals surface area contributed by atoms with E-state index in [-0.39, 0.29) is 14.9 Å². The minimum Gasteiger partial charge on any atom is -0.382 e. The Labute approximate surface area is 108 Å². The fourth-order valence-electron chi connectivity index (χ4n) is 0.992. The Morgan fingerprint density at radius 1 is 0.588 bits per heavy atom. The van der Waals surface area contributed by atoms with Crippen molar-refractivity contribution < 1.29 is 18.9 Å². The van der Waals surface area contributed by atoms with Crippen LogP contribution in [0.1, 0.15) is 41.5 Å². The van der Waals surface area contributed by atoms with Gasteiger partial charge in [0.1, 0.15) is 6.79 Å². The Morgan fingerprint density at radius 3 is 1.29 bits per heavy atom. The highest BCUT2D eigenvalue weighted by Gasteiger charge is 1.91. The van der Waals surface area contributed by atoms with Crippen molar-refractivity contribution in [2.75, 3.05) is 46.4 Å². The van der Waals surface area contributed by atoms with Crippen LogP contribution in [0.25, 0.3) is 0 Å². The Bertz CT molecular complexity index is 97.6. The fraction of sp³-hybridized carbons (Fsp3) is 1.00. The molecule has 108 valence electrons. The largest absolute Gasteiger partial charge is 0.382 e. The average Bonchev–Trinajstić information content (AvgIpc) is 2.26. The van der Waals surface area contributed by atoms with Crippen LogP contribution in [0.2, 0.25) is 0 Å². The maximum Gasteiger partial charge on any atom is 0.146 e. The summed E-state index contributed by atoms with van der Waals surface area (Å²) in [5, 5.41) is 0. The summed E-state index contributed by atoms with van der Waals surface area (Å²) in [5.41, 5.74) is 0. The first-order chi connectivity index (χ1) is 7.41. The first kappa shape index (κ1) is 22.1. The van der Waals surface area contributed by atoms with Crippen LogP contribution in [0.3, 0.4) is 0 Å². The lowest BCUT2D eigenvalue weighted by atomic mass is 10.5. The van der Waals surface area contributed by atoms with E-state index in [4.69, 9.17) is 18.9 Å². The molecule has 0 fully saturated rings. The van der Waals surface area contributed by atoms with Crippen molar-refractivity contribution in [3.8, 4) is 0 Å². The van der Waals surface area contributed by atoms with E-state index in [0.29, 0.717) is 20.0 Å². The van der Waals surface area contributed by atoms with Crippen LogP contribution in [0.5, 0.6) is 0 Å². The first-order valence-electron chi connectivity index (χ1n) is 5.72. The van der Waals surface area contributed by atoms with Gasteiger partial charge in [-0.05, 0) is 26.7 Å². The lowest BCUT2D eigenvalue weighted by Gasteiger charge is -2.05.